The molecule has 0 unspecified atom stereocenters. The van der Waals surface area contributed by atoms with E-state index in [2.05, 4.69) is 15.3 Å². The summed E-state index contributed by atoms with van der Waals surface area (Å²) >= 11 is 0. The molecule has 2 heterocycles. The van der Waals surface area contributed by atoms with Gasteiger partial charge in [-0.2, -0.15) is 0 Å². The summed E-state index contributed by atoms with van der Waals surface area (Å²) in [6.45, 7) is 1.42. The minimum atomic E-state index is -0.0127. The van der Waals surface area contributed by atoms with Crippen LogP contribution in [0.4, 0.5) is 5.95 Å². The molecular weight excluding hydrogens is 242 g/mol. The molecule has 0 aromatic carbocycles. The van der Waals surface area contributed by atoms with Gasteiger partial charge in [-0.3, -0.25) is 4.79 Å². The van der Waals surface area contributed by atoms with Crippen LogP contribution in [0.3, 0.4) is 0 Å². The molecule has 102 valence electrons. The third-order valence-electron chi connectivity index (χ3n) is 4.05. The molecule has 1 aromatic rings. The van der Waals surface area contributed by atoms with Crippen LogP contribution in [0.1, 0.15) is 23.2 Å². The number of hydrogen-bond donors (Lipinski definition) is 2. The molecule has 2 fully saturated rings. The van der Waals surface area contributed by atoms with Crippen molar-refractivity contribution in [2.45, 2.75) is 18.9 Å². The maximum Gasteiger partial charge on any atom is 0.257 e. The van der Waals surface area contributed by atoms with E-state index >= 15 is 0 Å². The van der Waals surface area contributed by atoms with Gasteiger partial charge in [0.1, 0.15) is 0 Å². The third-order valence-corrected chi connectivity index (χ3v) is 4.05. The SMILES string of the molecule is CNc1ncc(C(=O)N2C[C@H](C3CC3)[C@@H](N)C2)cn1. The Morgan fingerprint density at radius 2 is 2.05 bits per heavy atom. The second-order valence-electron chi connectivity index (χ2n) is 5.42. The molecule has 6 nitrogen and oxygen atoms in total. The van der Waals surface area contributed by atoms with Crippen molar-refractivity contribution in [1.82, 2.24) is 14.9 Å². The molecule has 1 aliphatic carbocycles. The topological polar surface area (TPSA) is 84.1 Å². The summed E-state index contributed by atoms with van der Waals surface area (Å²) in [5, 5.41) is 2.83. The predicted octanol–water partition coefficient (Wildman–Crippen LogP) is 0.328. The molecule has 0 radical (unpaired) electrons. The van der Waals surface area contributed by atoms with Gasteiger partial charge in [0.15, 0.2) is 0 Å². The van der Waals surface area contributed by atoms with Crippen LogP contribution in [0.5, 0.6) is 0 Å². The number of nitrogens with two attached hydrogens (primary N) is 1. The van der Waals surface area contributed by atoms with E-state index in [1.165, 1.54) is 12.8 Å². The van der Waals surface area contributed by atoms with Crippen molar-refractivity contribution in [3.8, 4) is 0 Å². The fourth-order valence-electron chi connectivity index (χ4n) is 2.79. The second kappa shape index (κ2) is 4.77. The number of carbonyl (C=O) groups excluding carboxylic acids is 1. The van der Waals surface area contributed by atoms with Gasteiger partial charge in [0.05, 0.1) is 5.56 Å². The molecule has 2 atom stereocenters. The zero-order valence-corrected chi connectivity index (χ0v) is 11.0. The van der Waals surface area contributed by atoms with Crippen LogP contribution in [0.15, 0.2) is 12.4 Å². The highest BCUT2D eigenvalue weighted by Gasteiger charge is 2.42. The monoisotopic (exact) mass is 261 g/mol. The normalized spacial score (nSPS) is 26.5. The van der Waals surface area contributed by atoms with Crippen LogP contribution in [-0.4, -0.2) is 47.0 Å². The zero-order chi connectivity index (χ0) is 13.4. The van der Waals surface area contributed by atoms with Gasteiger partial charge in [0, 0.05) is 38.6 Å². The Bertz CT molecular complexity index is 470. The number of carbonyl (C=O) groups is 1. The predicted molar refractivity (Wildman–Crippen MR) is 71.7 cm³/mol. The number of hydrogen-bond acceptors (Lipinski definition) is 5. The van der Waals surface area contributed by atoms with Crippen LogP contribution < -0.4 is 11.1 Å². The van der Waals surface area contributed by atoms with E-state index in [4.69, 9.17) is 5.73 Å². The summed E-state index contributed by atoms with van der Waals surface area (Å²) in [7, 11) is 1.75. The van der Waals surface area contributed by atoms with Crippen molar-refractivity contribution in [2.75, 3.05) is 25.5 Å². The highest BCUT2D eigenvalue weighted by atomic mass is 16.2. The first kappa shape index (κ1) is 12.3. The largest absolute Gasteiger partial charge is 0.357 e. The van der Waals surface area contributed by atoms with E-state index in [-0.39, 0.29) is 11.9 Å². The Hall–Kier alpha value is -1.69. The first-order chi connectivity index (χ1) is 9.19. The number of nitrogens with zero attached hydrogens (tertiary/aromatic N) is 3. The van der Waals surface area contributed by atoms with Crippen molar-refractivity contribution >= 4 is 11.9 Å². The van der Waals surface area contributed by atoms with Crippen molar-refractivity contribution in [1.29, 1.82) is 0 Å². The summed E-state index contributed by atoms with van der Waals surface area (Å²) in [6, 6.07) is 0.119. The van der Waals surface area contributed by atoms with E-state index in [0.29, 0.717) is 24.0 Å². The fourth-order valence-corrected chi connectivity index (χ4v) is 2.79. The molecule has 1 saturated heterocycles. The van der Waals surface area contributed by atoms with Gasteiger partial charge in [-0.15, -0.1) is 0 Å². The lowest BCUT2D eigenvalue weighted by Crippen LogP contribution is -2.32. The Labute approximate surface area is 112 Å². The van der Waals surface area contributed by atoms with Gasteiger partial charge in [-0.05, 0) is 24.7 Å². The van der Waals surface area contributed by atoms with E-state index in [1.54, 1.807) is 19.4 Å². The van der Waals surface area contributed by atoms with Gasteiger partial charge in [0.25, 0.3) is 5.91 Å². The summed E-state index contributed by atoms with van der Waals surface area (Å²) in [5.74, 6) is 1.71. The lowest BCUT2D eigenvalue weighted by Gasteiger charge is -2.15. The minimum Gasteiger partial charge on any atom is -0.357 e. The molecule has 1 saturated carbocycles. The Morgan fingerprint density at radius 3 is 2.63 bits per heavy atom. The van der Waals surface area contributed by atoms with Gasteiger partial charge < -0.3 is 16.0 Å². The van der Waals surface area contributed by atoms with E-state index < -0.39 is 0 Å². The minimum absolute atomic E-state index is 0.0127. The summed E-state index contributed by atoms with van der Waals surface area (Å²) < 4.78 is 0. The van der Waals surface area contributed by atoms with Crippen LogP contribution >= 0.6 is 0 Å². The third kappa shape index (κ3) is 2.40. The van der Waals surface area contributed by atoms with Crippen molar-refractivity contribution in [3.63, 3.8) is 0 Å². The number of anilines is 1. The number of amides is 1. The van der Waals surface area contributed by atoms with Gasteiger partial charge in [0.2, 0.25) is 5.95 Å². The van der Waals surface area contributed by atoms with Crippen LogP contribution in [0.2, 0.25) is 0 Å². The number of likely N-dealkylation sites (tertiary alicyclic amines) is 1. The molecule has 6 heteroatoms. The molecular formula is C13H19N5O. The molecule has 1 amide bonds. The molecule has 3 N–H and O–H groups in total. The van der Waals surface area contributed by atoms with Crippen LogP contribution in [-0.2, 0) is 0 Å². The standard InChI is InChI=1S/C13H19N5O/c1-15-13-16-4-9(5-17-13)12(19)18-6-10(8-2-3-8)11(14)7-18/h4-5,8,10-11H,2-3,6-7,14H2,1H3,(H,15,16,17)/t10-,11+/m1/s1. The van der Waals surface area contributed by atoms with E-state index in [0.717, 1.165) is 12.5 Å². The fraction of sp³-hybridized carbons (Fsp3) is 0.615. The lowest BCUT2D eigenvalue weighted by atomic mass is 9.99. The number of rotatable bonds is 3. The van der Waals surface area contributed by atoms with Gasteiger partial charge in [-0.1, -0.05) is 0 Å². The van der Waals surface area contributed by atoms with Crippen molar-refractivity contribution < 1.29 is 4.79 Å². The maximum atomic E-state index is 12.4. The smallest absolute Gasteiger partial charge is 0.257 e. The lowest BCUT2D eigenvalue weighted by molar-refractivity contribution is 0.0784. The van der Waals surface area contributed by atoms with Crippen molar-refractivity contribution in [2.24, 2.45) is 17.6 Å². The van der Waals surface area contributed by atoms with E-state index in [9.17, 15) is 4.79 Å². The zero-order valence-electron chi connectivity index (χ0n) is 11.0. The Balaban J connectivity index is 1.69. The number of nitrogens with one attached hydrogen (secondary N) is 1. The summed E-state index contributed by atoms with van der Waals surface area (Å²) in [4.78, 5) is 22.3. The molecule has 2 aliphatic rings. The summed E-state index contributed by atoms with van der Waals surface area (Å²) in [5.41, 5.74) is 6.67. The number of aromatic nitrogens is 2. The highest BCUT2D eigenvalue weighted by molar-refractivity contribution is 5.94. The maximum absolute atomic E-state index is 12.4. The van der Waals surface area contributed by atoms with Crippen LogP contribution in [0, 0.1) is 11.8 Å². The summed E-state index contributed by atoms with van der Waals surface area (Å²) in [6.07, 6.45) is 5.66. The quantitative estimate of drug-likeness (QED) is 0.819. The average molecular weight is 261 g/mol. The molecule has 3 rings (SSSR count). The van der Waals surface area contributed by atoms with Crippen molar-refractivity contribution in [3.05, 3.63) is 18.0 Å². The first-order valence-electron chi connectivity index (χ1n) is 6.73. The van der Waals surface area contributed by atoms with Crippen LogP contribution in [0.25, 0.3) is 0 Å². The highest BCUT2D eigenvalue weighted by Crippen LogP contribution is 2.41. The first-order valence-corrected chi connectivity index (χ1v) is 6.73. The average Bonchev–Trinajstić information content (AvgIpc) is 3.21. The molecule has 1 aliphatic heterocycles. The second-order valence-corrected chi connectivity index (χ2v) is 5.42. The van der Waals surface area contributed by atoms with Gasteiger partial charge in [-0.25, -0.2) is 9.97 Å². The molecule has 0 spiro atoms. The molecule has 1 aromatic heterocycles. The Morgan fingerprint density at radius 1 is 1.37 bits per heavy atom. The molecule has 0 bridgehead atoms. The Kier molecular flexibility index (Phi) is 3.10. The molecule has 19 heavy (non-hydrogen) atoms. The van der Waals surface area contributed by atoms with E-state index in [1.807, 2.05) is 4.90 Å². The van der Waals surface area contributed by atoms with Gasteiger partial charge >= 0.3 is 0 Å².